The van der Waals surface area contributed by atoms with E-state index in [1.54, 1.807) is 0 Å². The molecule has 0 saturated carbocycles. The zero-order valence-corrected chi connectivity index (χ0v) is 36.7. The molecule has 0 amide bonds. The Balaban J connectivity index is 3.89. The van der Waals surface area contributed by atoms with Crippen LogP contribution in [0.5, 0.6) is 0 Å². The summed E-state index contributed by atoms with van der Waals surface area (Å²) >= 11 is 0. The van der Waals surface area contributed by atoms with Crippen LogP contribution in [0.3, 0.4) is 0 Å². The Labute approximate surface area is 343 Å². The fourth-order valence-corrected chi connectivity index (χ4v) is 6.54. The molecule has 0 aliphatic heterocycles. The van der Waals surface area contributed by atoms with E-state index in [4.69, 9.17) is 19.3 Å². The van der Waals surface area contributed by atoms with Crippen molar-refractivity contribution in [2.75, 3.05) is 13.2 Å². The standard InChI is InChI=1S/C47H83O8P/c1-3-5-7-9-11-13-15-17-19-20-21-22-23-24-25-26-28-30-32-34-36-38-40-42-47(49)55-45(44-54-56(50,51)52)43-53-46(48)41-39-37-35-33-31-29-27-18-16-14-12-10-8-6-4-2/h5,7,11,13,17-19,21-22,27,45H,3-4,6,8-10,12,14-16,20,23-26,28-44H2,1-2H3,(H2,50,51,52)/b7-5-,13-11-,19-17-,22-21-,27-18-. The molecule has 324 valence electrons. The molecule has 1 atom stereocenters. The zero-order valence-electron chi connectivity index (χ0n) is 35.8. The van der Waals surface area contributed by atoms with Crippen LogP contribution in [0.1, 0.15) is 206 Å². The van der Waals surface area contributed by atoms with Gasteiger partial charge in [-0.25, -0.2) is 4.57 Å². The number of carbonyl (C=O) groups is 2. The van der Waals surface area contributed by atoms with Crippen molar-refractivity contribution < 1.29 is 37.9 Å². The van der Waals surface area contributed by atoms with Crippen LogP contribution < -0.4 is 0 Å². The van der Waals surface area contributed by atoms with Crippen molar-refractivity contribution in [3.05, 3.63) is 60.8 Å². The summed E-state index contributed by atoms with van der Waals surface area (Å²) in [6, 6.07) is 0. The lowest BCUT2D eigenvalue weighted by Gasteiger charge is -2.18. The lowest BCUT2D eigenvalue weighted by molar-refractivity contribution is -0.161. The van der Waals surface area contributed by atoms with Gasteiger partial charge in [0.1, 0.15) is 6.61 Å². The molecule has 2 N–H and O–H groups in total. The molecule has 0 bridgehead atoms. The summed E-state index contributed by atoms with van der Waals surface area (Å²) in [5.74, 6) is -0.899. The first-order chi connectivity index (χ1) is 27.3. The molecule has 0 aliphatic rings. The molecule has 0 aromatic rings. The average molecular weight is 807 g/mol. The normalized spacial score (nSPS) is 13.0. The molecule has 1 unspecified atom stereocenters. The van der Waals surface area contributed by atoms with Crippen LogP contribution in [0, 0.1) is 0 Å². The minimum atomic E-state index is -4.76. The molecule has 8 nitrogen and oxygen atoms in total. The summed E-state index contributed by atoms with van der Waals surface area (Å²) in [6.07, 6.45) is 53.7. The number of esters is 2. The number of phosphoric acid groups is 1. The predicted octanol–water partition coefficient (Wildman–Crippen LogP) is 14.1. The Morgan fingerprint density at radius 2 is 0.857 bits per heavy atom. The SMILES string of the molecule is CC/C=C\C/C=C\C/C=C\C/C=C\CCCCCCCCCCCCC(=O)OC(COC(=O)CCCCCCC/C=C\CCCCCCCC)COP(=O)(O)O. The van der Waals surface area contributed by atoms with Gasteiger partial charge < -0.3 is 19.3 Å². The van der Waals surface area contributed by atoms with Gasteiger partial charge in [-0.1, -0.05) is 177 Å². The van der Waals surface area contributed by atoms with Crippen molar-refractivity contribution in [2.45, 2.75) is 213 Å². The van der Waals surface area contributed by atoms with Crippen molar-refractivity contribution in [1.29, 1.82) is 0 Å². The molecule has 0 aliphatic carbocycles. The predicted molar refractivity (Wildman–Crippen MR) is 234 cm³/mol. The fourth-order valence-electron chi connectivity index (χ4n) is 6.18. The Kier molecular flexibility index (Phi) is 40.7. The lowest BCUT2D eigenvalue weighted by Crippen LogP contribution is -2.29. The molecule has 0 heterocycles. The minimum absolute atomic E-state index is 0.203. The fraction of sp³-hybridized carbons (Fsp3) is 0.745. The number of unbranched alkanes of at least 4 members (excludes halogenated alkanes) is 21. The highest BCUT2D eigenvalue weighted by Crippen LogP contribution is 2.36. The van der Waals surface area contributed by atoms with Crippen molar-refractivity contribution in [3.8, 4) is 0 Å². The van der Waals surface area contributed by atoms with Crippen LogP contribution in [0.2, 0.25) is 0 Å². The van der Waals surface area contributed by atoms with E-state index in [1.807, 2.05) is 0 Å². The molecular weight excluding hydrogens is 723 g/mol. The third kappa shape index (κ3) is 44.5. The van der Waals surface area contributed by atoms with Gasteiger partial charge in [-0.3, -0.25) is 14.1 Å². The van der Waals surface area contributed by atoms with E-state index in [2.05, 4.69) is 79.1 Å². The summed E-state index contributed by atoms with van der Waals surface area (Å²) in [5.41, 5.74) is 0. The summed E-state index contributed by atoms with van der Waals surface area (Å²) in [5, 5.41) is 0. The molecule has 0 aromatic heterocycles. The highest BCUT2D eigenvalue weighted by molar-refractivity contribution is 7.46. The van der Waals surface area contributed by atoms with Crippen LogP contribution in [-0.4, -0.2) is 41.0 Å². The molecule has 0 rings (SSSR count). The van der Waals surface area contributed by atoms with Gasteiger partial charge in [0, 0.05) is 12.8 Å². The highest BCUT2D eigenvalue weighted by atomic mass is 31.2. The van der Waals surface area contributed by atoms with Crippen LogP contribution in [0.15, 0.2) is 60.8 Å². The third-order valence-corrected chi connectivity index (χ3v) is 10.0. The molecule has 56 heavy (non-hydrogen) atoms. The van der Waals surface area contributed by atoms with Gasteiger partial charge >= 0.3 is 19.8 Å². The summed E-state index contributed by atoms with van der Waals surface area (Å²) < 4.78 is 26.4. The van der Waals surface area contributed by atoms with Gasteiger partial charge in [-0.05, 0) is 77.0 Å². The Morgan fingerprint density at radius 3 is 1.30 bits per heavy atom. The van der Waals surface area contributed by atoms with Crippen LogP contribution in [0.4, 0.5) is 0 Å². The highest BCUT2D eigenvalue weighted by Gasteiger charge is 2.22. The summed E-state index contributed by atoms with van der Waals surface area (Å²) in [4.78, 5) is 42.9. The maximum Gasteiger partial charge on any atom is 0.469 e. The van der Waals surface area contributed by atoms with Crippen molar-refractivity contribution >= 4 is 19.8 Å². The smallest absolute Gasteiger partial charge is 0.462 e. The Hall–Kier alpha value is -2.25. The van der Waals surface area contributed by atoms with Crippen LogP contribution in [0.25, 0.3) is 0 Å². The Bertz CT molecular complexity index is 1090. The van der Waals surface area contributed by atoms with E-state index >= 15 is 0 Å². The topological polar surface area (TPSA) is 119 Å². The van der Waals surface area contributed by atoms with Crippen LogP contribution >= 0.6 is 7.82 Å². The van der Waals surface area contributed by atoms with E-state index in [9.17, 15) is 14.2 Å². The first kappa shape index (κ1) is 53.8. The minimum Gasteiger partial charge on any atom is -0.462 e. The lowest BCUT2D eigenvalue weighted by atomic mass is 10.0. The molecule has 0 saturated heterocycles. The number of hydrogen-bond donors (Lipinski definition) is 2. The largest absolute Gasteiger partial charge is 0.469 e. The van der Waals surface area contributed by atoms with Gasteiger partial charge in [-0.15, -0.1) is 0 Å². The van der Waals surface area contributed by atoms with Gasteiger partial charge in [0.2, 0.25) is 0 Å². The van der Waals surface area contributed by atoms with Gasteiger partial charge in [0.25, 0.3) is 0 Å². The zero-order chi connectivity index (χ0) is 41.1. The van der Waals surface area contributed by atoms with Gasteiger partial charge in [0.15, 0.2) is 6.10 Å². The van der Waals surface area contributed by atoms with Crippen molar-refractivity contribution in [2.24, 2.45) is 0 Å². The quantitative estimate of drug-likeness (QED) is 0.0271. The molecule has 0 spiro atoms. The summed E-state index contributed by atoms with van der Waals surface area (Å²) in [6.45, 7) is 3.57. The number of ether oxygens (including phenoxy) is 2. The second-order valence-electron chi connectivity index (χ2n) is 15.0. The van der Waals surface area contributed by atoms with E-state index in [1.165, 1.54) is 83.5 Å². The molecular formula is C47H83O8P. The van der Waals surface area contributed by atoms with E-state index in [-0.39, 0.29) is 19.4 Å². The summed E-state index contributed by atoms with van der Waals surface area (Å²) in [7, 11) is -4.76. The van der Waals surface area contributed by atoms with Crippen molar-refractivity contribution in [3.63, 3.8) is 0 Å². The second-order valence-corrected chi connectivity index (χ2v) is 16.2. The number of rotatable bonds is 41. The van der Waals surface area contributed by atoms with E-state index in [0.717, 1.165) is 83.5 Å². The monoisotopic (exact) mass is 807 g/mol. The molecule has 0 aromatic carbocycles. The molecule has 0 radical (unpaired) electrons. The second kappa shape index (κ2) is 42.4. The van der Waals surface area contributed by atoms with E-state index < -0.39 is 32.5 Å². The first-order valence-electron chi connectivity index (χ1n) is 22.6. The van der Waals surface area contributed by atoms with Gasteiger partial charge in [0.05, 0.1) is 6.61 Å². The molecule has 9 heteroatoms. The Morgan fingerprint density at radius 1 is 0.482 bits per heavy atom. The number of hydrogen-bond acceptors (Lipinski definition) is 6. The number of allylic oxidation sites excluding steroid dienone is 10. The third-order valence-electron chi connectivity index (χ3n) is 9.52. The average Bonchev–Trinajstić information content (AvgIpc) is 3.17. The van der Waals surface area contributed by atoms with Gasteiger partial charge in [-0.2, -0.15) is 0 Å². The maximum atomic E-state index is 12.4. The molecule has 0 fully saturated rings. The number of carbonyl (C=O) groups excluding carboxylic acids is 2. The maximum absolute atomic E-state index is 12.4. The van der Waals surface area contributed by atoms with E-state index in [0.29, 0.717) is 12.8 Å². The van der Waals surface area contributed by atoms with Crippen molar-refractivity contribution in [1.82, 2.24) is 0 Å². The van der Waals surface area contributed by atoms with Crippen LogP contribution in [-0.2, 0) is 28.2 Å². The first-order valence-corrected chi connectivity index (χ1v) is 24.1. The number of phosphoric ester groups is 1.